The largest absolute Gasteiger partial charge is 0.461 e. The lowest BCUT2D eigenvalue weighted by Crippen LogP contribution is -2.05. The monoisotopic (exact) mass is 236 g/mol. The van der Waals surface area contributed by atoms with Crippen LogP contribution in [0, 0.1) is 5.92 Å². The molecule has 1 fully saturated rings. The number of ether oxygens (including phenoxy) is 1. The molecule has 0 saturated heterocycles. The summed E-state index contributed by atoms with van der Waals surface area (Å²) in [6.07, 6.45) is 5.72. The Kier molecular flexibility index (Phi) is 3.62. The Labute approximate surface area is 99.9 Å². The van der Waals surface area contributed by atoms with E-state index in [2.05, 4.69) is 0 Å². The fourth-order valence-corrected chi connectivity index (χ4v) is 1.45. The van der Waals surface area contributed by atoms with Crippen LogP contribution in [0.5, 0.6) is 0 Å². The summed E-state index contributed by atoms with van der Waals surface area (Å²) in [4.78, 5) is 11.2. The molecule has 84 valence electrons. The SMILES string of the molecule is O=C(OC/C=C/c1ccc(Cl)cc1)C1CC1. The predicted octanol–water partition coefficient (Wildman–Crippen LogP) is 3.31. The maximum Gasteiger partial charge on any atom is 0.309 e. The smallest absolute Gasteiger partial charge is 0.309 e. The highest BCUT2D eigenvalue weighted by molar-refractivity contribution is 6.30. The second-order valence-corrected chi connectivity index (χ2v) is 4.29. The van der Waals surface area contributed by atoms with Crippen LogP contribution < -0.4 is 0 Å². The standard InChI is InChI=1S/C13H13ClO2/c14-12-7-3-10(4-8-12)2-1-9-16-13(15)11-5-6-11/h1-4,7-8,11H,5-6,9H2/b2-1+. The lowest BCUT2D eigenvalue weighted by Gasteiger charge is -1.98. The second-order valence-electron chi connectivity index (χ2n) is 3.86. The fourth-order valence-electron chi connectivity index (χ4n) is 1.33. The van der Waals surface area contributed by atoms with Crippen molar-refractivity contribution in [1.82, 2.24) is 0 Å². The topological polar surface area (TPSA) is 26.3 Å². The van der Waals surface area contributed by atoms with Crippen molar-refractivity contribution in [2.24, 2.45) is 5.92 Å². The molecule has 3 heteroatoms. The molecule has 0 aromatic heterocycles. The maximum absolute atomic E-state index is 11.2. The summed E-state index contributed by atoms with van der Waals surface area (Å²) in [7, 11) is 0. The number of carbonyl (C=O) groups is 1. The highest BCUT2D eigenvalue weighted by Gasteiger charge is 2.30. The molecule has 1 aliphatic rings. The predicted molar refractivity (Wildman–Crippen MR) is 64.2 cm³/mol. The zero-order valence-electron chi connectivity index (χ0n) is 8.86. The third kappa shape index (κ3) is 3.38. The fraction of sp³-hybridized carbons (Fsp3) is 0.308. The molecule has 0 atom stereocenters. The molecule has 0 radical (unpaired) electrons. The number of rotatable bonds is 4. The van der Waals surface area contributed by atoms with E-state index in [1.807, 2.05) is 36.4 Å². The highest BCUT2D eigenvalue weighted by atomic mass is 35.5. The molecular formula is C13H13ClO2. The van der Waals surface area contributed by atoms with Gasteiger partial charge in [-0.2, -0.15) is 0 Å². The van der Waals surface area contributed by atoms with Crippen LogP contribution in [0.3, 0.4) is 0 Å². The molecule has 1 aliphatic carbocycles. The van der Waals surface area contributed by atoms with E-state index in [0.717, 1.165) is 23.4 Å². The third-order valence-electron chi connectivity index (χ3n) is 2.41. The molecule has 0 bridgehead atoms. The van der Waals surface area contributed by atoms with Gasteiger partial charge in [-0.05, 0) is 36.6 Å². The molecule has 0 amide bonds. The summed E-state index contributed by atoms with van der Waals surface area (Å²) >= 11 is 5.76. The van der Waals surface area contributed by atoms with Crippen LogP contribution >= 0.6 is 11.6 Å². The van der Waals surface area contributed by atoms with Crippen molar-refractivity contribution < 1.29 is 9.53 Å². The molecule has 0 spiro atoms. The van der Waals surface area contributed by atoms with Gasteiger partial charge in [-0.25, -0.2) is 0 Å². The number of benzene rings is 1. The van der Waals surface area contributed by atoms with Gasteiger partial charge in [0, 0.05) is 5.02 Å². The first-order valence-electron chi connectivity index (χ1n) is 5.34. The van der Waals surface area contributed by atoms with E-state index < -0.39 is 0 Å². The Balaban J connectivity index is 1.76. The molecule has 1 saturated carbocycles. The Morgan fingerprint density at radius 3 is 2.69 bits per heavy atom. The number of hydrogen-bond acceptors (Lipinski definition) is 2. The first kappa shape index (κ1) is 11.2. The van der Waals surface area contributed by atoms with E-state index in [4.69, 9.17) is 16.3 Å². The Hall–Kier alpha value is -1.28. The average Bonchev–Trinajstić information content (AvgIpc) is 3.10. The van der Waals surface area contributed by atoms with Crippen molar-refractivity contribution in [3.63, 3.8) is 0 Å². The zero-order valence-corrected chi connectivity index (χ0v) is 9.61. The number of hydrogen-bond donors (Lipinski definition) is 0. The van der Waals surface area contributed by atoms with Crippen molar-refractivity contribution in [1.29, 1.82) is 0 Å². The van der Waals surface area contributed by atoms with Gasteiger partial charge in [0.1, 0.15) is 6.61 Å². The summed E-state index contributed by atoms with van der Waals surface area (Å²) in [6.45, 7) is 0.345. The molecule has 2 nitrogen and oxygen atoms in total. The van der Waals surface area contributed by atoms with Gasteiger partial charge in [-0.1, -0.05) is 29.8 Å². The molecule has 1 aromatic carbocycles. The van der Waals surface area contributed by atoms with Crippen LogP contribution in [0.25, 0.3) is 6.08 Å². The summed E-state index contributed by atoms with van der Waals surface area (Å²) in [6, 6.07) is 7.50. The molecule has 0 unspecified atom stereocenters. The first-order chi connectivity index (χ1) is 7.75. The average molecular weight is 237 g/mol. The summed E-state index contributed by atoms with van der Waals surface area (Å²) < 4.78 is 5.06. The summed E-state index contributed by atoms with van der Waals surface area (Å²) in [5.41, 5.74) is 1.05. The van der Waals surface area contributed by atoms with Gasteiger partial charge in [-0.3, -0.25) is 4.79 Å². The molecule has 1 aromatic rings. The lowest BCUT2D eigenvalue weighted by molar-refractivity contribution is -0.143. The van der Waals surface area contributed by atoms with Gasteiger partial charge in [0.25, 0.3) is 0 Å². The van der Waals surface area contributed by atoms with E-state index in [0.29, 0.717) is 6.61 Å². The van der Waals surface area contributed by atoms with E-state index in [1.54, 1.807) is 0 Å². The minimum absolute atomic E-state index is 0.0687. The minimum atomic E-state index is -0.0687. The van der Waals surface area contributed by atoms with Crippen LogP contribution in [0.1, 0.15) is 18.4 Å². The van der Waals surface area contributed by atoms with Crippen molar-refractivity contribution >= 4 is 23.6 Å². The second kappa shape index (κ2) is 5.17. The van der Waals surface area contributed by atoms with Crippen LogP contribution in [0.2, 0.25) is 5.02 Å². The van der Waals surface area contributed by atoms with Gasteiger partial charge in [-0.15, -0.1) is 0 Å². The molecular weight excluding hydrogens is 224 g/mol. The van der Waals surface area contributed by atoms with Gasteiger partial charge >= 0.3 is 5.97 Å². The van der Waals surface area contributed by atoms with Crippen molar-refractivity contribution in [2.45, 2.75) is 12.8 Å². The van der Waals surface area contributed by atoms with Crippen LogP contribution in [-0.2, 0) is 9.53 Å². The van der Waals surface area contributed by atoms with Crippen LogP contribution in [-0.4, -0.2) is 12.6 Å². The van der Waals surface area contributed by atoms with E-state index >= 15 is 0 Å². The van der Waals surface area contributed by atoms with E-state index in [9.17, 15) is 4.79 Å². The molecule has 0 N–H and O–H groups in total. The van der Waals surface area contributed by atoms with Crippen molar-refractivity contribution in [3.05, 3.63) is 40.9 Å². The maximum atomic E-state index is 11.2. The Bertz CT molecular complexity index is 391. The van der Waals surface area contributed by atoms with Gasteiger partial charge in [0.2, 0.25) is 0 Å². The lowest BCUT2D eigenvalue weighted by atomic mass is 10.2. The quantitative estimate of drug-likeness (QED) is 0.750. The molecule has 2 rings (SSSR count). The van der Waals surface area contributed by atoms with E-state index in [1.165, 1.54) is 0 Å². The number of carbonyl (C=O) groups excluding carboxylic acids is 1. The van der Waals surface area contributed by atoms with Crippen molar-refractivity contribution in [2.75, 3.05) is 6.61 Å². The van der Waals surface area contributed by atoms with Gasteiger partial charge in [0.15, 0.2) is 0 Å². The normalized spacial score (nSPS) is 15.3. The highest BCUT2D eigenvalue weighted by Crippen LogP contribution is 2.29. The first-order valence-corrected chi connectivity index (χ1v) is 5.72. The van der Waals surface area contributed by atoms with Crippen LogP contribution in [0.4, 0.5) is 0 Å². The molecule has 16 heavy (non-hydrogen) atoms. The Morgan fingerprint density at radius 1 is 1.38 bits per heavy atom. The van der Waals surface area contributed by atoms with Gasteiger partial charge in [0.05, 0.1) is 5.92 Å². The van der Waals surface area contributed by atoms with Crippen LogP contribution in [0.15, 0.2) is 30.3 Å². The Morgan fingerprint density at radius 2 is 2.06 bits per heavy atom. The number of esters is 1. The van der Waals surface area contributed by atoms with E-state index in [-0.39, 0.29) is 11.9 Å². The van der Waals surface area contributed by atoms with Crippen molar-refractivity contribution in [3.8, 4) is 0 Å². The number of halogens is 1. The minimum Gasteiger partial charge on any atom is -0.461 e. The molecule has 0 heterocycles. The molecule has 0 aliphatic heterocycles. The third-order valence-corrected chi connectivity index (χ3v) is 2.66. The zero-order chi connectivity index (χ0) is 11.4. The summed E-state index contributed by atoms with van der Waals surface area (Å²) in [5.74, 6) is 0.102. The summed E-state index contributed by atoms with van der Waals surface area (Å²) in [5, 5.41) is 0.720. The van der Waals surface area contributed by atoms with Gasteiger partial charge < -0.3 is 4.74 Å².